The number of para-hydroxylation sites is 1. The summed E-state index contributed by atoms with van der Waals surface area (Å²) in [5.74, 6) is 0.920. The molecule has 222 valence electrons. The van der Waals surface area contributed by atoms with E-state index in [1.807, 2.05) is 24.4 Å². The Balaban J connectivity index is 1.67. The number of hydrogen-bond acceptors (Lipinski definition) is 3. The summed E-state index contributed by atoms with van der Waals surface area (Å²) < 4.78 is 2.21. The number of aromatic nitrogens is 3. The van der Waals surface area contributed by atoms with Crippen molar-refractivity contribution in [2.75, 3.05) is 0 Å². The molecule has 4 nitrogen and oxygen atoms in total. The maximum Gasteiger partial charge on any atom is 0.149 e. The zero-order valence-electron chi connectivity index (χ0n) is 27.0. The summed E-state index contributed by atoms with van der Waals surface area (Å²) in [6.45, 7) is 17.7. The normalized spacial score (nSPS) is 12.2. The predicted molar refractivity (Wildman–Crippen MR) is 184 cm³/mol. The van der Waals surface area contributed by atoms with E-state index < -0.39 is 0 Å². The highest BCUT2D eigenvalue weighted by atomic mass is 16.3. The standard InChI is InChI=1S/C40H41N3O/c1-25-18-26(2)20-31(19-25)43-35-24-30(40(6,7)8)22-33(37(35)42-38(43)32-14-9-10-15-36(32)44)27-12-11-13-28(21-27)34-23-29(16-17-41-34)39(3,4)5/h9-24,44H,1-8H3. The first-order valence-electron chi connectivity index (χ1n) is 15.3. The molecule has 44 heavy (non-hydrogen) atoms. The van der Waals surface area contributed by atoms with Gasteiger partial charge in [0, 0.05) is 23.0 Å². The van der Waals surface area contributed by atoms with Gasteiger partial charge in [0.1, 0.15) is 11.6 Å². The number of imidazole rings is 1. The molecule has 6 rings (SSSR count). The van der Waals surface area contributed by atoms with E-state index in [9.17, 15) is 5.11 Å². The summed E-state index contributed by atoms with van der Waals surface area (Å²) in [7, 11) is 0. The molecule has 0 saturated carbocycles. The summed E-state index contributed by atoms with van der Waals surface area (Å²) in [6, 6.07) is 31.5. The second kappa shape index (κ2) is 10.8. The molecule has 1 N–H and O–H groups in total. The highest BCUT2D eigenvalue weighted by Crippen LogP contribution is 2.41. The first-order chi connectivity index (χ1) is 20.8. The highest BCUT2D eigenvalue weighted by molar-refractivity contribution is 5.97. The lowest BCUT2D eigenvalue weighted by Crippen LogP contribution is -2.11. The number of phenolic OH excluding ortho intramolecular Hbond substituents is 1. The Morgan fingerprint density at radius 3 is 2.00 bits per heavy atom. The van der Waals surface area contributed by atoms with Crippen LogP contribution in [0.3, 0.4) is 0 Å². The minimum absolute atomic E-state index is 0.0306. The number of hydrogen-bond donors (Lipinski definition) is 1. The topological polar surface area (TPSA) is 50.9 Å². The maximum atomic E-state index is 11.0. The SMILES string of the molecule is Cc1cc(C)cc(-n2c(-c3ccccc3O)nc3c(-c4cccc(-c5cc(C(C)(C)C)ccn5)c4)cc(C(C)(C)C)cc32)c1. The Bertz CT molecular complexity index is 2000. The van der Waals surface area contributed by atoms with Crippen LogP contribution in [0.25, 0.3) is 50.5 Å². The zero-order chi connectivity index (χ0) is 31.4. The third-order valence-corrected chi connectivity index (χ3v) is 8.33. The molecule has 4 heteroatoms. The fourth-order valence-electron chi connectivity index (χ4n) is 5.92. The van der Waals surface area contributed by atoms with Crippen molar-refractivity contribution < 1.29 is 5.11 Å². The van der Waals surface area contributed by atoms with E-state index >= 15 is 0 Å². The number of nitrogens with zero attached hydrogens (tertiary/aromatic N) is 3. The van der Waals surface area contributed by atoms with Crippen molar-refractivity contribution in [3.05, 3.63) is 119 Å². The van der Waals surface area contributed by atoms with Gasteiger partial charge in [-0.1, -0.05) is 77.9 Å². The van der Waals surface area contributed by atoms with Crippen LogP contribution in [-0.4, -0.2) is 19.6 Å². The number of pyridine rings is 1. The van der Waals surface area contributed by atoms with Gasteiger partial charge in [0.15, 0.2) is 0 Å². The Labute approximate surface area is 261 Å². The van der Waals surface area contributed by atoms with Crippen LogP contribution in [0.15, 0.2) is 97.2 Å². The van der Waals surface area contributed by atoms with Gasteiger partial charge >= 0.3 is 0 Å². The van der Waals surface area contributed by atoms with Gasteiger partial charge in [-0.25, -0.2) is 4.98 Å². The van der Waals surface area contributed by atoms with Crippen molar-refractivity contribution >= 4 is 11.0 Å². The molecule has 0 aliphatic heterocycles. The molecule has 4 aromatic carbocycles. The van der Waals surface area contributed by atoms with Gasteiger partial charge in [-0.3, -0.25) is 9.55 Å². The van der Waals surface area contributed by atoms with Gasteiger partial charge in [0.05, 0.1) is 22.3 Å². The summed E-state index contributed by atoms with van der Waals surface area (Å²) in [4.78, 5) is 10.1. The van der Waals surface area contributed by atoms with Gasteiger partial charge in [-0.15, -0.1) is 0 Å². The molecule has 0 amide bonds. The molecular weight excluding hydrogens is 538 g/mol. The van der Waals surface area contributed by atoms with E-state index in [1.54, 1.807) is 6.07 Å². The third kappa shape index (κ3) is 5.53. The maximum absolute atomic E-state index is 11.0. The average Bonchev–Trinajstić information content (AvgIpc) is 3.35. The van der Waals surface area contributed by atoms with Crippen LogP contribution in [0, 0.1) is 13.8 Å². The Hall–Kier alpha value is -4.70. The van der Waals surface area contributed by atoms with Crippen LogP contribution in [0.2, 0.25) is 0 Å². The number of phenols is 1. The third-order valence-electron chi connectivity index (χ3n) is 8.33. The minimum Gasteiger partial charge on any atom is -0.507 e. The molecule has 0 aliphatic carbocycles. The van der Waals surface area contributed by atoms with Crippen molar-refractivity contribution in [3.63, 3.8) is 0 Å². The first-order valence-corrected chi connectivity index (χ1v) is 15.3. The molecule has 0 aliphatic rings. The van der Waals surface area contributed by atoms with Crippen molar-refractivity contribution in [2.24, 2.45) is 0 Å². The second-order valence-electron chi connectivity index (χ2n) is 14.0. The van der Waals surface area contributed by atoms with Gasteiger partial charge in [-0.2, -0.15) is 0 Å². The molecular formula is C40H41N3O. The number of aryl methyl sites for hydroxylation is 2. The molecule has 2 heterocycles. The second-order valence-corrected chi connectivity index (χ2v) is 14.0. The van der Waals surface area contributed by atoms with Crippen LogP contribution >= 0.6 is 0 Å². The zero-order valence-corrected chi connectivity index (χ0v) is 27.0. The van der Waals surface area contributed by atoms with Gasteiger partial charge < -0.3 is 5.11 Å². The highest BCUT2D eigenvalue weighted by Gasteiger charge is 2.24. The summed E-state index contributed by atoms with van der Waals surface area (Å²) in [5, 5.41) is 11.0. The fourth-order valence-corrected chi connectivity index (χ4v) is 5.92. The van der Waals surface area contributed by atoms with Crippen LogP contribution < -0.4 is 0 Å². The largest absolute Gasteiger partial charge is 0.507 e. The number of fused-ring (bicyclic) bond motifs is 1. The Morgan fingerprint density at radius 1 is 0.636 bits per heavy atom. The monoisotopic (exact) mass is 579 g/mol. The molecule has 0 spiro atoms. The molecule has 2 aromatic heterocycles. The predicted octanol–water partition coefficient (Wildman–Crippen LogP) is 10.3. The number of rotatable bonds is 4. The van der Waals surface area contributed by atoms with E-state index in [-0.39, 0.29) is 16.6 Å². The fraction of sp³-hybridized carbons (Fsp3) is 0.250. The van der Waals surface area contributed by atoms with Crippen LogP contribution in [0.1, 0.15) is 63.8 Å². The molecule has 0 radical (unpaired) electrons. The number of aromatic hydroxyl groups is 1. The Morgan fingerprint density at radius 2 is 1.32 bits per heavy atom. The summed E-state index contributed by atoms with van der Waals surface area (Å²) >= 11 is 0. The van der Waals surface area contributed by atoms with Crippen LogP contribution in [0.5, 0.6) is 5.75 Å². The average molecular weight is 580 g/mol. The lowest BCUT2D eigenvalue weighted by atomic mass is 9.84. The molecule has 0 atom stereocenters. The quantitative estimate of drug-likeness (QED) is 0.226. The number of benzene rings is 4. The lowest BCUT2D eigenvalue weighted by Gasteiger charge is -2.21. The minimum atomic E-state index is -0.101. The van der Waals surface area contributed by atoms with Gasteiger partial charge in [-0.05, 0) is 107 Å². The smallest absolute Gasteiger partial charge is 0.149 e. The van der Waals surface area contributed by atoms with E-state index in [4.69, 9.17) is 9.97 Å². The summed E-state index contributed by atoms with van der Waals surface area (Å²) in [6.07, 6.45) is 1.91. The van der Waals surface area contributed by atoms with Crippen molar-refractivity contribution in [3.8, 4) is 45.2 Å². The van der Waals surface area contributed by atoms with E-state index in [1.165, 1.54) is 22.3 Å². The first kappa shape index (κ1) is 29.4. The molecule has 0 unspecified atom stereocenters. The molecule has 0 fully saturated rings. The van der Waals surface area contributed by atoms with Crippen LogP contribution in [0.4, 0.5) is 0 Å². The van der Waals surface area contributed by atoms with E-state index in [0.29, 0.717) is 11.4 Å². The van der Waals surface area contributed by atoms with Crippen molar-refractivity contribution in [1.82, 2.24) is 14.5 Å². The molecule has 0 bridgehead atoms. The summed E-state index contributed by atoms with van der Waals surface area (Å²) in [5.41, 5.74) is 12.5. The molecule has 0 saturated heterocycles. The van der Waals surface area contributed by atoms with Gasteiger partial charge in [0.25, 0.3) is 0 Å². The van der Waals surface area contributed by atoms with Crippen LogP contribution in [-0.2, 0) is 10.8 Å². The van der Waals surface area contributed by atoms with Gasteiger partial charge in [0.2, 0.25) is 0 Å². The van der Waals surface area contributed by atoms with E-state index in [0.717, 1.165) is 39.1 Å². The lowest BCUT2D eigenvalue weighted by molar-refractivity contribution is 0.477. The molecule has 6 aromatic rings. The van der Waals surface area contributed by atoms with E-state index in [2.05, 4.69) is 127 Å². The van der Waals surface area contributed by atoms with Crippen molar-refractivity contribution in [1.29, 1.82) is 0 Å². The van der Waals surface area contributed by atoms with Crippen molar-refractivity contribution in [2.45, 2.75) is 66.2 Å². The Kier molecular flexibility index (Phi) is 7.20.